The molecular formula is C23H27N3O4. The fourth-order valence-electron chi connectivity index (χ4n) is 2.47. The van der Waals surface area contributed by atoms with Crippen LogP contribution in [0.2, 0.25) is 0 Å². The quantitative estimate of drug-likeness (QED) is 0.626. The zero-order chi connectivity index (χ0) is 22.1. The molecule has 2 rings (SSSR count). The first-order chi connectivity index (χ1) is 14.1. The number of ether oxygens (including phenoxy) is 1. The lowest BCUT2D eigenvalue weighted by Crippen LogP contribution is -2.37. The van der Waals surface area contributed by atoms with Crippen LogP contribution < -0.4 is 16.0 Å². The normalized spacial score (nSPS) is 11.1. The molecule has 30 heavy (non-hydrogen) atoms. The van der Waals surface area contributed by atoms with Crippen LogP contribution in [-0.4, -0.2) is 30.1 Å². The molecule has 0 saturated heterocycles. The second kappa shape index (κ2) is 10.2. The maximum atomic E-state index is 12.2. The maximum Gasteiger partial charge on any atom is 0.408 e. The second-order valence-corrected chi connectivity index (χ2v) is 7.66. The van der Waals surface area contributed by atoms with Crippen molar-refractivity contribution < 1.29 is 19.1 Å². The minimum Gasteiger partial charge on any atom is -0.444 e. The number of anilines is 2. The molecule has 7 heteroatoms. The number of carbonyl (C=O) groups excluding carboxylic acids is 3. The molecule has 0 saturated carbocycles. The minimum absolute atomic E-state index is 0.231. The van der Waals surface area contributed by atoms with E-state index in [1.807, 2.05) is 31.2 Å². The van der Waals surface area contributed by atoms with Gasteiger partial charge in [-0.3, -0.25) is 9.59 Å². The van der Waals surface area contributed by atoms with E-state index in [1.165, 1.54) is 6.08 Å². The molecule has 0 fully saturated rings. The lowest BCUT2D eigenvalue weighted by Gasteiger charge is -2.19. The van der Waals surface area contributed by atoms with Crippen molar-refractivity contribution in [2.75, 3.05) is 17.2 Å². The van der Waals surface area contributed by atoms with E-state index in [-0.39, 0.29) is 12.5 Å². The average Bonchev–Trinajstić information content (AvgIpc) is 2.65. The van der Waals surface area contributed by atoms with Gasteiger partial charge < -0.3 is 20.7 Å². The van der Waals surface area contributed by atoms with E-state index in [1.54, 1.807) is 51.1 Å². The summed E-state index contributed by atoms with van der Waals surface area (Å²) in [5.74, 6) is -0.697. The van der Waals surface area contributed by atoms with Crippen molar-refractivity contribution in [2.45, 2.75) is 33.3 Å². The summed E-state index contributed by atoms with van der Waals surface area (Å²) in [5, 5.41) is 7.81. The van der Waals surface area contributed by atoms with Crippen LogP contribution >= 0.6 is 0 Å². The highest BCUT2D eigenvalue weighted by molar-refractivity contribution is 6.02. The third kappa shape index (κ3) is 8.18. The van der Waals surface area contributed by atoms with Gasteiger partial charge in [-0.05, 0) is 63.1 Å². The van der Waals surface area contributed by atoms with E-state index in [4.69, 9.17) is 4.74 Å². The van der Waals surface area contributed by atoms with Crippen molar-refractivity contribution in [1.82, 2.24) is 5.32 Å². The largest absolute Gasteiger partial charge is 0.444 e. The molecule has 2 aromatic carbocycles. The summed E-state index contributed by atoms with van der Waals surface area (Å²) in [6.07, 6.45) is 2.54. The van der Waals surface area contributed by atoms with E-state index in [2.05, 4.69) is 16.0 Å². The predicted molar refractivity (Wildman–Crippen MR) is 118 cm³/mol. The topological polar surface area (TPSA) is 96.5 Å². The maximum absolute atomic E-state index is 12.2. The molecule has 0 bridgehead atoms. The Labute approximate surface area is 176 Å². The lowest BCUT2D eigenvalue weighted by atomic mass is 10.1. The minimum atomic E-state index is -0.667. The molecule has 158 valence electrons. The van der Waals surface area contributed by atoms with E-state index in [0.717, 1.165) is 11.1 Å². The molecule has 0 spiro atoms. The Morgan fingerprint density at radius 3 is 2.30 bits per heavy atom. The Hall–Kier alpha value is -3.61. The van der Waals surface area contributed by atoms with Crippen LogP contribution in [0.1, 0.15) is 31.9 Å². The van der Waals surface area contributed by atoms with Crippen LogP contribution in [0.3, 0.4) is 0 Å². The Balaban J connectivity index is 1.88. The Morgan fingerprint density at radius 2 is 1.63 bits per heavy atom. The van der Waals surface area contributed by atoms with Crippen molar-refractivity contribution >= 4 is 35.4 Å². The number of carbonyl (C=O) groups is 3. The number of aryl methyl sites for hydroxylation is 1. The first kappa shape index (κ1) is 22.7. The predicted octanol–water partition coefficient (Wildman–Crippen LogP) is 4.11. The van der Waals surface area contributed by atoms with Gasteiger partial charge in [0.25, 0.3) is 0 Å². The van der Waals surface area contributed by atoms with Crippen LogP contribution in [0.4, 0.5) is 16.2 Å². The highest BCUT2D eigenvalue weighted by Gasteiger charge is 2.16. The van der Waals surface area contributed by atoms with Crippen molar-refractivity contribution in [3.63, 3.8) is 0 Å². The number of rotatable bonds is 6. The highest BCUT2D eigenvalue weighted by atomic mass is 16.6. The summed E-state index contributed by atoms with van der Waals surface area (Å²) in [6, 6.07) is 14.5. The molecule has 7 nitrogen and oxygen atoms in total. The SMILES string of the molecule is Cc1ccccc1/C=C/C(=O)Nc1cccc(NC(=O)CNC(=O)OC(C)(C)C)c1. The number of alkyl carbamates (subject to hydrolysis) is 1. The van der Waals surface area contributed by atoms with E-state index in [9.17, 15) is 14.4 Å². The molecule has 0 aliphatic heterocycles. The number of hydrogen-bond acceptors (Lipinski definition) is 4. The number of hydrogen-bond donors (Lipinski definition) is 3. The molecule has 0 aliphatic rings. The zero-order valence-corrected chi connectivity index (χ0v) is 17.6. The van der Waals surface area contributed by atoms with Crippen molar-refractivity contribution in [2.24, 2.45) is 0 Å². The Bertz CT molecular complexity index is 945. The van der Waals surface area contributed by atoms with Crippen LogP contribution in [0.25, 0.3) is 6.08 Å². The summed E-state index contributed by atoms with van der Waals surface area (Å²) in [6.45, 7) is 6.96. The molecule has 0 radical (unpaired) electrons. The summed E-state index contributed by atoms with van der Waals surface area (Å²) >= 11 is 0. The highest BCUT2D eigenvalue weighted by Crippen LogP contribution is 2.15. The van der Waals surface area contributed by atoms with Gasteiger partial charge in [0.1, 0.15) is 12.1 Å². The van der Waals surface area contributed by atoms with Crippen molar-refractivity contribution in [1.29, 1.82) is 0 Å². The average molecular weight is 409 g/mol. The fraction of sp³-hybridized carbons (Fsp3) is 0.261. The standard InChI is InChI=1S/C23H27N3O4/c1-16-8-5-6-9-17(16)12-13-20(27)25-18-10-7-11-19(14-18)26-21(28)15-24-22(29)30-23(2,3)4/h5-14H,15H2,1-4H3,(H,24,29)(H,25,27)(H,26,28)/b13-12+. The van der Waals surface area contributed by atoms with Gasteiger partial charge in [0.2, 0.25) is 11.8 Å². The smallest absolute Gasteiger partial charge is 0.408 e. The number of benzene rings is 2. The first-order valence-electron chi connectivity index (χ1n) is 9.54. The van der Waals surface area contributed by atoms with Crippen molar-refractivity contribution in [3.05, 3.63) is 65.7 Å². The van der Waals surface area contributed by atoms with Crippen LogP contribution in [0.5, 0.6) is 0 Å². The summed E-state index contributed by atoms with van der Waals surface area (Å²) in [5.41, 5.74) is 2.43. The van der Waals surface area contributed by atoms with E-state index < -0.39 is 17.6 Å². The summed E-state index contributed by atoms with van der Waals surface area (Å²) in [4.78, 5) is 35.8. The van der Waals surface area contributed by atoms with Gasteiger partial charge in [-0.2, -0.15) is 0 Å². The molecule has 3 N–H and O–H groups in total. The Morgan fingerprint density at radius 1 is 0.967 bits per heavy atom. The zero-order valence-electron chi connectivity index (χ0n) is 17.6. The van der Waals surface area contributed by atoms with Crippen LogP contribution in [0, 0.1) is 6.92 Å². The second-order valence-electron chi connectivity index (χ2n) is 7.66. The summed E-state index contributed by atoms with van der Waals surface area (Å²) < 4.78 is 5.08. The fourth-order valence-corrected chi connectivity index (χ4v) is 2.47. The third-order valence-electron chi connectivity index (χ3n) is 3.81. The van der Waals surface area contributed by atoms with Gasteiger partial charge >= 0.3 is 6.09 Å². The molecule has 2 aromatic rings. The molecule has 0 heterocycles. The molecular weight excluding hydrogens is 382 g/mol. The Kier molecular flexibility index (Phi) is 7.75. The van der Waals surface area contributed by atoms with Crippen molar-refractivity contribution in [3.8, 4) is 0 Å². The van der Waals surface area contributed by atoms with Crippen LogP contribution in [-0.2, 0) is 14.3 Å². The number of amides is 3. The third-order valence-corrected chi connectivity index (χ3v) is 3.81. The molecule has 0 unspecified atom stereocenters. The molecule has 0 aromatic heterocycles. The number of nitrogens with one attached hydrogen (secondary N) is 3. The van der Waals surface area contributed by atoms with Gasteiger partial charge in [-0.25, -0.2) is 4.79 Å². The summed E-state index contributed by atoms with van der Waals surface area (Å²) in [7, 11) is 0. The van der Waals surface area contributed by atoms with Gasteiger partial charge in [-0.1, -0.05) is 30.3 Å². The molecule has 3 amide bonds. The van der Waals surface area contributed by atoms with E-state index in [0.29, 0.717) is 11.4 Å². The molecule has 0 atom stereocenters. The van der Waals surface area contributed by atoms with E-state index >= 15 is 0 Å². The van der Waals surface area contributed by atoms with Crippen LogP contribution in [0.15, 0.2) is 54.6 Å². The monoisotopic (exact) mass is 409 g/mol. The first-order valence-corrected chi connectivity index (χ1v) is 9.54. The van der Waals surface area contributed by atoms with Gasteiger partial charge in [-0.15, -0.1) is 0 Å². The van der Waals surface area contributed by atoms with Gasteiger partial charge in [0.05, 0.1) is 0 Å². The lowest BCUT2D eigenvalue weighted by molar-refractivity contribution is -0.115. The van der Waals surface area contributed by atoms with Gasteiger partial charge in [0.15, 0.2) is 0 Å². The molecule has 0 aliphatic carbocycles. The van der Waals surface area contributed by atoms with Gasteiger partial charge in [0, 0.05) is 17.5 Å².